The summed E-state index contributed by atoms with van der Waals surface area (Å²) in [6.07, 6.45) is -0.233. The van der Waals surface area contributed by atoms with Gasteiger partial charge in [-0.15, -0.1) is 10.2 Å². The van der Waals surface area contributed by atoms with Crippen molar-refractivity contribution in [1.82, 2.24) is 30.0 Å². The molecule has 0 unspecified atom stereocenters. The minimum atomic E-state index is -2.88. The highest BCUT2D eigenvalue weighted by Gasteiger charge is 2.45. The molecule has 0 spiro atoms. The zero-order valence-corrected chi connectivity index (χ0v) is 20.1. The largest absolute Gasteiger partial charge is 0.415 e. The molecule has 0 atom stereocenters. The maximum absolute atomic E-state index is 13.4. The number of halogens is 2. The standard InChI is InChI=1S/C24H25F2N7O3/c1-24(2)17-10-15(32-8-6-31(3)7-9-32)4-5-16(17)22(34)33(23(24)35)13-18-27-11-14(12-28-18)20-29-30-21(36-20)19(25)26/h4-5,10-12,19H,6-9,13H2,1-3H3. The monoisotopic (exact) mass is 497 g/mol. The van der Waals surface area contributed by atoms with E-state index in [1.807, 2.05) is 26.0 Å². The molecular formula is C24H25F2N7O3. The average molecular weight is 498 g/mol. The lowest BCUT2D eigenvalue weighted by Crippen LogP contribution is -2.51. The summed E-state index contributed by atoms with van der Waals surface area (Å²) in [6.45, 7) is 7.14. The van der Waals surface area contributed by atoms with E-state index in [1.54, 1.807) is 6.07 Å². The van der Waals surface area contributed by atoms with Crippen molar-refractivity contribution >= 4 is 17.5 Å². The number of piperazine rings is 1. The molecule has 2 aromatic heterocycles. The van der Waals surface area contributed by atoms with Gasteiger partial charge in [-0.3, -0.25) is 14.5 Å². The van der Waals surface area contributed by atoms with Crippen LogP contribution in [0.5, 0.6) is 0 Å². The first-order valence-corrected chi connectivity index (χ1v) is 11.5. The predicted molar refractivity (Wildman–Crippen MR) is 124 cm³/mol. The van der Waals surface area contributed by atoms with E-state index >= 15 is 0 Å². The molecule has 2 aliphatic heterocycles. The molecular weight excluding hydrogens is 472 g/mol. The second-order valence-electron chi connectivity index (χ2n) is 9.48. The number of hydrogen-bond donors (Lipinski definition) is 0. The van der Waals surface area contributed by atoms with Gasteiger partial charge in [0.1, 0.15) is 5.82 Å². The third-order valence-electron chi connectivity index (χ3n) is 6.68. The molecule has 1 aromatic carbocycles. The molecule has 5 rings (SSSR count). The summed E-state index contributed by atoms with van der Waals surface area (Å²) in [5, 5.41) is 6.84. The third-order valence-corrected chi connectivity index (χ3v) is 6.68. The number of rotatable bonds is 5. The lowest BCUT2D eigenvalue weighted by atomic mass is 9.77. The van der Waals surface area contributed by atoms with E-state index < -0.39 is 23.6 Å². The van der Waals surface area contributed by atoms with Gasteiger partial charge < -0.3 is 14.2 Å². The van der Waals surface area contributed by atoms with Gasteiger partial charge in [-0.25, -0.2) is 9.97 Å². The minimum Gasteiger partial charge on any atom is -0.415 e. The van der Waals surface area contributed by atoms with Crippen LogP contribution in [0.2, 0.25) is 0 Å². The lowest BCUT2D eigenvalue weighted by Gasteiger charge is -2.39. The SMILES string of the molecule is CN1CCN(c2ccc3c(c2)C(C)(C)C(=O)N(Cc2ncc(-c4nnc(C(F)F)o4)cn2)C3=O)CC1. The van der Waals surface area contributed by atoms with Crippen molar-refractivity contribution in [2.45, 2.75) is 32.2 Å². The van der Waals surface area contributed by atoms with Gasteiger partial charge in [0, 0.05) is 49.8 Å². The van der Waals surface area contributed by atoms with Crippen molar-refractivity contribution in [3.63, 3.8) is 0 Å². The van der Waals surface area contributed by atoms with E-state index in [2.05, 4.69) is 37.0 Å². The van der Waals surface area contributed by atoms with E-state index in [-0.39, 0.29) is 29.7 Å². The number of nitrogens with zero attached hydrogens (tertiary/aromatic N) is 7. The van der Waals surface area contributed by atoms with Crippen molar-refractivity contribution in [3.8, 4) is 11.5 Å². The second kappa shape index (κ2) is 9.01. The maximum atomic E-state index is 13.4. The Morgan fingerprint density at radius 3 is 2.39 bits per heavy atom. The normalized spacial score (nSPS) is 18.2. The Labute approximate surface area is 205 Å². The summed E-state index contributed by atoms with van der Waals surface area (Å²) in [4.78, 5) is 40.8. The smallest absolute Gasteiger partial charge is 0.314 e. The first-order valence-electron chi connectivity index (χ1n) is 11.5. The molecule has 1 saturated heterocycles. The van der Waals surface area contributed by atoms with Gasteiger partial charge in [0.25, 0.3) is 17.7 Å². The number of fused-ring (bicyclic) bond motifs is 1. The van der Waals surface area contributed by atoms with E-state index in [1.165, 1.54) is 12.4 Å². The molecule has 0 saturated carbocycles. The molecule has 0 bridgehead atoms. The van der Waals surface area contributed by atoms with Crippen LogP contribution < -0.4 is 4.90 Å². The Kier molecular flexibility index (Phi) is 5.99. The van der Waals surface area contributed by atoms with Gasteiger partial charge in [0.2, 0.25) is 5.91 Å². The molecule has 1 fully saturated rings. The molecule has 4 heterocycles. The lowest BCUT2D eigenvalue weighted by molar-refractivity contribution is -0.134. The molecule has 3 aromatic rings. The molecule has 10 nitrogen and oxygen atoms in total. The zero-order chi connectivity index (χ0) is 25.6. The van der Waals surface area contributed by atoms with Gasteiger partial charge in [-0.2, -0.15) is 8.78 Å². The van der Waals surface area contributed by atoms with Gasteiger partial charge in [0.15, 0.2) is 0 Å². The number of likely N-dealkylation sites (N-methyl/N-ethyl adjacent to an activating group) is 1. The summed E-state index contributed by atoms with van der Waals surface area (Å²) >= 11 is 0. The van der Waals surface area contributed by atoms with Crippen LogP contribution in [-0.4, -0.2) is 75.0 Å². The van der Waals surface area contributed by atoms with Crippen LogP contribution >= 0.6 is 0 Å². The number of anilines is 1. The van der Waals surface area contributed by atoms with Crippen LogP contribution in [0.1, 0.15) is 47.9 Å². The fourth-order valence-electron chi connectivity index (χ4n) is 4.46. The van der Waals surface area contributed by atoms with Crippen molar-refractivity contribution in [2.24, 2.45) is 0 Å². The van der Waals surface area contributed by atoms with Gasteiger partial charge >= 0.3 is 6.43 Å². The molecule has 36 heavy (non-hydrogen) atoms. The summed E-state index contributed by atoms with van der Waals surface area (Å²) in [5.41, 5.74) is 1.49. The Balaban J connectivity index is 1.37. The minimum absolute atomic E-state index is 0.132. The summed E-state index contributed by atoms with van der Waals surface area (Å²) in [5.74, 6) is -1.49. The maximum Gasteiger partial charge on any atom is 0.314 e. The number of amides is 2. The molecule has 0 aliphatic carbocycles. The number of carbonyl (C=O) groups is 2. The first kappa shape index (κ1) is 23.9. The summed E-state index contributed by atoms with van der Waals surface area (Å²) < 4.78 is 30.3. The number of hydrogen-bond acceptors (Lipinski definition) is 9. The molecule has 0 radical (unpaired) electrons. The number of imide groups is 1. The van der Waals surface area contributed by atoms with Crippen LogP contribution in [0, 0.1) is 0 Å². The van der Waals surface area contributed by atoms with E-state index in [9.17, 15) is 18.4 Å². The van der Waals surface area contributed by atoms with Crippen molar-refractivity contribution in [1.29, 1.82) is 0 Å². The highest BCUT2D eigenvalue weighted by atomic mass is 19.3. The van der Waals surface area contributed by atoms with Crippen molar-refractivity contribution in [2.75, 3.05) is 38.1 Å². The van der Waals surface area contributed by atoms with E-state index in [0.717, 1.165) is 36.8 Å². The Hall–Kier alpha value is -3.80. The van der Waals surface area contributed by atoms with Crippen LogP contribution in [0.3, 0.4) is 0 Å². The summed E-state index contributed by atoms with van der Waals surface area (Å²) in [6, 6.07) is 5.67. The molecule has 2 aliphatic rings. The first-order chi connectivity index (χ1) is 17.1. The number of benzene rings is 1. The Morgan fingerprint density at radius 2 is 1.75 bits per heavy atom. The zero-order valence-electron chi connectivity index (χ0n) is 20.1. The molecule has 2 amide bonds. The van der Waals surface area contributed by atoms with Gasteiger partial charge in [-0.1, -0.05) is 0 Å². The predicted octanol–water partition coefficient (Wildman–Crippen LogP) is 2.68. The number of alkyl halides is 2. The molecule has 12 heteroatoms. The van der Waals surface area contributed by atoms with Gasteiger partial charge in [-0.05, 0) is 44.7 Å². The second-order valence-corrected chi connectivity index (χ2v) is 9.48. The molecule has 0 N–H and O–H groups in total. The van der Waals surface area contributed by atoms with Gasteiger partial charge in [0.05, 0.1) is 17.5 Å². The van der Waals surface area contributed by atoms with Crippen LogP contribution in [0.15, 0.2) is 35.0 Å². The summed E-state index contributed by atoms with van der Waals surface area (Å²) in [7, 11) is 2.09. The van der Waals surface area contributed by atoms with E-state index in [0.29, 0.717) is 11.1 Å². The highest BCUT2D eigenvalue weighted by Crippen LogP contribution is 2.37. The Morgan fingerprint density at radius 1 is 1.06 bits per heavy atom. The fourth-order valence-corrected chi connectivity index (χ4v) is 4.46. The van der Waals surface area contributed by atoms with Crippen molar-refractivity contribution in [3.05, 3.63) is 53.4 Å². The van der Waals surface area contributed by atoms with Crippen LogP contribution in [0.25, 0.3) is 11.5 Å². The number of carbonyl (C=O) groups excluding carboxylic acids is 2. The quantitative estimate of drug-likeness (QED) is 0.492. The highest BCUT2D eigenvalue weighted by molar-refractivity contribution is 6.13. The van der Waals surface area contributed by atoms with Crippen LogP contribution in [0.4, 0.5) is 14.5 Å². The van der Waals surface area contributed by atoms with Crippen LogP contribution in [-0.2, 0) is 16.8 Å². The van der Waals surface area contributed by atoms with Crippen molar-refractivity contribution < 1.29 is 22.8 Å². The fraction of sp³-hybridized carbons (Fsp3) is 0.417. The molecule has 188 valence electrons. The van der Waals surface area contributed by atoms with E-state index in [4.69, 9.17) is 4.42 Å². The Bertz CT molecular complexity index is 1300. The average Bonchev–Trinajstić information content (AvgIpc) is 3.37. The third kappa shape index (κ3) is 4.21. The number of aromatic nitrogens is 4. The topological polar surface area (TPSA) is 109 Å².